The van der Waals surface area contributed by atoms with Crippen molar-refractivity contribution in [3.63, 3.8) is 0 Å². The average Bonchev–Trinajstić information content (AvgIpc) is 2.86. The van der Waals surface area contributed by atoms with Crippen LogP contribution >= 0.6 is 0 Å². The van der Waals surface area contributed by atoms with Crippen molar-refractivity contribution in [2.24, 2.45) is 0 Å². The number of carbonyl (C=O) groups is 1. The number of rotatable bonds is 4. The maximum atomic E-state index is 12.6. The number of amides is 2. The average molecular weight is 340 g/mol. The fourth-order valence-electron chi connectivity index (χ4n) is 2.77. The second-order valence-electron chi connectivity index (χ2n) is 6.18. The highest BCUT2D eigenvalue weighted by Crippen LogP contribution is 2.25. The van der Waals surface area contributed by atoms with E-state index in [2.05, 4.69) is 22.2 Å². The van der Waals surface area contributed by atoms with Crippen molar-refractivity contribution in [2.75, 3.05) is 38.5 Å². The summed E-state index contributed by atoms with van der Waals surface area (Å²) in [7, 11) is 2.09. The highest BCUT2D eigenvalue weighted by atomic mass is 16.5. The number of likely N-dealkylation sites (N-methyl/N-ethyl adjacent to an activating group) is 1. The third-order valence-electron chi connectivity index (χ3n) is 4.24. The number of anilines is 1. The zero-order chi connectivity index (χ0) is 17.5. The summed E-state index contributed by atoms with van der Waals surface area (Å²) in [5.41, 5.74) is 1.53. The Bertz CT molecular complexity index is 693. The van der Waals surface area contributed by atoms with Gasteiger partial charge >= 0.3 is 6.03 Å². The molecule has 1 N–H and O–H groups in total. The Morgan fingerprint density at radius 3 is 2.80 bits per heavy atom. The van der Waals surface area contributed by atoms with Crippen LogP contribution in [0.4, 0.5) is 10.5 Å². The van der Waals surface area contributed by atoms with Crippen LogP contribution in [0, 0.1) is 0 Å². The molecule has 1 aromatic carbocycles. The van der Waals surface area contributed by atoms with Gasteiger partial charge in [0, 0.05) is 25.8 Å². The van der Waals surface area contributed by atoms with Gasteiger partial charge in [-0.1, -0.05) is 18.2 Å². The molecule has 1 fully saturated rings. The summed E-state index contributed by atoms with van der Waals surface area (Å²) in [6.07, 6.45) is 2.73. The molecule has 2 aromatic rings. The lowest BCUT2D eigenvalue weighted by Crippen LogP contribution is -2.37. The first-order chi connectivity index (χ1) is 12.2. The molecule has 3 rings (SSSR count). The molecule has 1 aliphatic rings. The van der Waals surface area contributed by atoms with Crippen LogP contribution in [0.2, 0.25) is 0 Å². The molecule has 0 aliphatic carbocycles. The van der Waals surface area contributed by atoms with Gasteiger partial charge in [0.2, 0.25) is 0 Å². The lowest BCUT2D eigenvalue weighted by Gasteiger charge is -2.22. The maximum Gasteiger partial charge on any atom is 0.321 e. The molecule has 1 saturated heterocycles. The van der Waals surface area contributed by atoms with E-state index in [1.165, 1.54) is 0 Å². The molecule has 2 amide bonds. The third kappa shape index (κ3) is 4.93. The minimum Gasteiger partial charge on any atom is -0.485 e. The van der Waals surface area contributed by atoms with Gasteiger partial charge < -0.3 is 19.9 Å². The first kappa shape index (κ1) is 17.2. The van der Waals surface area contributed by atoms with Crippen LogP contribution in [0.5, 0.6) is 5.75 Å². The number of nitrogens with zero attached hydrogens (tertiary/aromatic N) is 3. The number of urea groups is 1. The van der Waals surface area contributed by atoms with Crippen LogP contribution in [-0.2, 0) is 6.61 Å². The Morgan fingerprint density at radius 1 is 1.12 bits per heavy atom. The van der Waals surface area contributed by atoms with Gasteiger partial charge in [-0.25, -0.2) is 4.79 Å². The van der Waals surface area contributed by atoms with Crippen LogP contribution in [0.1, 0.15) is 12.1 Å². The Kier molecular flexibility index (Phi) is 5.85. The zero-order valence-electron chi connectivity index (χ0n) is 14.5. The predicted molar refractivity (Wildman–Crippen MR) is 97.7 cm³/mol. The topological polar surface area (TPSA) is 57.7 Å². The van der Waals surface area contributed by atoms with Crippen molar-refractivity contribution < 1.29 is 9.53 Å². The highest BCUT2D eigenvalue weighted by molar-refractivity contribution is 5.91. The molecule has 132 valence electrons. The number of ether oxygens (including phenoxy) is 1. The van der Waals surface area contributed by atoms with Gasteiger partial charge in [0.25, 0.3) is 0 Å². The standard InChI is InChI=1S/C19H24N4O2/c1-22-11-6-12-23(14-13-22)19(24)21-17-8-2-3-9-18(17)25-15-16-7-4-5-10-20-16/h2-5,7-10H,6,11-15H2,1H3,(H,21,24). The van der Waals surface area contributed by atoms with Gasteiger partial charge in [-0.15, -0.1) is 0 Å². The van der Waals surface area contributed by atoms with Crippen LogP contribution in [-0.4, -0.2) is 54.0 Å². The summed E-state index contributed by atoms with van der Waals surface area (Å²) in [4.78, 5) is 20.9. The van der Waals surface area contributed by atoms with E-state index in [-0.39, 0.29) is 6.03 Å². The highest BCUT2D eigenvalue weighted by Gasteiger charge is 2.18. The van der Waals surface area contributed by atoms with Crippen molar-refractivity contribution in [3.8, 4) is 5.75 Å². The van der Waals surface area contributed by atoms with E-state index >= 15 is 0 Å². The van der Waals surface area contributed by atoms with E-state index in [4.69, 9.17) is 4.74 Å². The molecule has 0 radical (unpaired) electrons. The minimum absolute atomic E-state index is 0.0795. The molecule has 0 unspecified atom stereocenters. The second kappa shape index (κ2) is 8.48. The number of carbonyl (C=O) groups excluding carboxylic acids is 1. The van der Waals surface area contributed by atoms with Gasteiger partial charge in [0.15, 0.2) is 0 Å². The predicted octanol–water partition coefficient (Wildman–Crippen LogP) is 2.83. The molecule has 1 aromatic heterocycles. The largest absolute Gasteiger partial charge is 0.485 e. The second-order valence-corrected chi connectivity index (χ2v) is 6.18. The molecule has 2 heterocycles. The molecule has 6 heteroatoms. The number of benzene rings is 1. The summed E-state index contributed by atoms with van der Waals surface area (Å²) >= 11 is 0. The van der Waals surface area contributed by atoms with Crippen molar-refractivity contribution in [1.29, 1.82) is 0 Å². The van der Waals surface area contributed by atoms with Crippen molar-refractivity contribution in [2.45, 2.75) is 13.0 Å². The lowest BCUT2D eigenvalue weighted by atomic mass is 10.3. The molecule has 25 heavy (non-hydrogen) atoms. The molecule has 0 spiro atoms. The summed E-state index contributed by atoms with van der Waals surface area (Å²) in [5, 5.41) is 2.98. The maximum absolute atomic E-state index is 12.6. The van der Waals surface area contributed by atoms with Gasteiger partial charge in [0.05, 0.1) is 11.4 Å². The van der Waals surface area contributed by atoms with E-state index in [0.29, 0.717) is 18.0 Å². The Morgan fingerprint density at radius 2 is 1.96 bits per heavy atom. The van der Waals surface area contributed by atoms with Crippen molar-refractivity contribution in [3.05, 3.63) is 54.4 Å². The van der Waals surface area contributed by atoms with Crippen molar-refractivity contribution in [1.82, 2.24) is 14.8 Å². The summed E-state index contributed by atoms with van der Waals surface area (Å²) in [5.74, 6) is 0.647. The zero-order valence-corrected chi connectivity index (χ0v) is 14.5. The van der Waals surface area contributed by atoms with Gasteiger partial charge in [0.1, 0.15) is 12.4 Å². The Balaban J connectivity index is 1.63. The van der Waals surface area contributed by atoms with Gasteiger partial charge in [-0.05, 0) is 44.3 Å². The number of para-hydroxylation sites is 2. The SMILES string of the molecule is CN1CCCN(C(=O)Nc2ccccc2OCc2ccccn2)CC1. The molecule has 0 saturated carbocycles. The molecular weight excluding hydrogens is 316 g/mol. The fraction of sp³-hybridized carbons (Fsp3) is 0.368. The Labute approximate surface area is 148 Å². The Hall–Kier alpha value is -2.60. The third-order valence-corrected chi connectivity index (χ3v) is 4.24. The van der Waals surface area contributed by atoms with E-state index in [0.717, 1.165) is 38.3 Å². The minimum atomic E-state index is -0.0795. The van der Waals surface area contributed by atoms with E-state index in [9.17, 15) is 4.79 Å². The van der Waals surface area contributed by atoms with Gasteiger partial charge in [-0.2, -0.15) is 0 Å². The number of aromatic nitrogens is 1. The molecule has 1 aliphatic heterocycles. The normalized spacial score (nSPS) is 15.5. The van der Waals surface area contributed by atoms with Crippen LogP contribution in [0.25, 0.3) is 0 Å². The van der Waals surface area contributed by atoms with E-state index in [1.54, 1.807) is 6.20 Å². The summed E-state index contributed by atoms with van der Waals surface area (Å²) in [6, 6.07) is 13.1. The fourth-order valence-corrected chi connectivity index (χ4v) is 2.77. The summed E-state index contributed by atoms with van der Waals surface area (Å²) in [6.45, 7) is 3.79. The van der Waals surface area contributed by atoms with Crippen LogP contribution in [0.3, 0.4) is 0 Å². The number of pyridine rings is 1. The monoisotopic (exact) mass is 340 g/mol. The molecular formula is C19H24N4O2. The summed E-state index contributed by atoms with van der Waals surface area (Å²) < 4.78 is 5.85. The molecule has 0 bridgehead atoms. The van der Waals surface area contributed by atoms with Crippen molar-refractivity contribution >= 4 is 11.7 Å². The smallest absolute Gasteiger partial charge is 0.321 e. The van der Waals surface area contributed by atoms with Crippen LogP contribution < -0.4 is 10.1 Å². The first-order valence-corrected chi connectivity index (χ1v) is 8.58. The molecule has 0 atom stereocenters. The van der Waals surface area contributed by atoms with Crippen LogP contribution in [0.15, 0.2) is 48.7 Å². The van der Waals surface area contributed by atoms with Gasteiger partial charge in [-0.3, -0.25) is 4.98 Å². The quantitative estimate of drug-likeness (QED) is 0.930. The number of nitrogens with one attached hydrogen (secondary N) is 1. The van der Waals surface area contributed by atoms with E-state index in [1.807, 2.05) is 47.4 Å². The number of hydrogen-bond donors (Lipinski definition) is 1. The lowest BCUT2D eigenvalue weighted by molar-refractivity contribution is 0.213. The first-order valence-electron chi connectivity index (χ1n) is 8.58. The number of hydrogen-bond acceptors (Lipinski definition) is 4. The molecule has 6 nitrogen and oxygen atoms in total. The van der Waals surface area contributed by atoms with E-state index < -0.39 is 0 Å².